The summed E-state index contributed by atoms with van der Waals surface area (Å²) in [7, 11) is 0. The number of rotatable bonds is 14. The van der Waals surface area contributed by atoms with Crippen LogP contribution >= 0.6 is 0 Å². The zero-order valence-electron chi connectivity index (χ0n) is 37.7. The molecule has 2 amide bonds. The number of ether oxygens (including phenoxy) is 3. The standard InChI is InChI=1S/C18H20N2O3.C14H14N2O3.C8H9NO4.C6H7N.C4H8O.CH4/c1-2-23-18(22)16-11-10-15(20(16)12-13-8-9-13)17(21)19-14-6-4-3-5-7-14;1-2-19-14(18)12-9-8-11(16-12)13(17)15-10-6-4-3-5-7-10;1-2-13-8(12)6-4-3-5(9-6)7(10)11;7-6-4-2-1-3-5-6;5-3-4-1-2-4;/h3-7,10-11,13H,2,8-9,12H2,1H3,(H,19,21);3-9,16H,2H2,1H3,(H,15,17);3-4,9H,2H2,1H3,(H,10,11);1-5H,7H2;4-5H,1-3H2;1H4. The molecule has 0 unspecified atom stereocenters. The smallest absolute Gasteiger partial charge is 0.354 e. The van der Waals surface area contributed by atoms with Crippen LogP contribution in [0.1, 0.15) is 117 Å². The molecule has 6 aromatic rings. The SMILES string of the molecule is C.CCOC(=O)c1ccc(C(=O)Nc2ccccc2)[nH]1.CCOC(=O)c1ccc(C(=O)Nc2ccccc2)n1CC1CC1.CCOC(=O)c1ccc(C(=O)O)[nH]1.Nc1ccccc1.OCC1CC1. The van der Waals surface area contributed by atoms with Crippen LogP contribution in [-0.4, -0.2) is 86.9 Å². The number of aromatic nitrogens is 3. The highest BCUT2D eigenvalue weighted by Gasteiger charge is 2.27. The number of esters is 3. The van der Waals surface area contributed by atoms with Crippen molar-refractivity contribution >= 4 is 52.8 Å². The van der Waals surface area contributed by atoms with Gasteiger partial charge >= 0.3 is 23.9 Å². The number of amides is 2. The van der Waals surface area contributed by atoms with Crippen LogP contribution in [0.25, 0.3) is 0 Å². The lowest BCUT2D eigenvalue weighted by atomic mass is 10.3. The average molecular weight is 935 g/mol. The number of nitrogens with two attached hydrogens (primary N) is 1. The number of aliphatic hydroxyl groups is 1. The molecule has 17 heteroatoms. The Balaban J connectivity index is 0.000000244. The first kappa shape index (κ1) is 54.4. The van der Waals surface area contributed by atoms with E-state index in [9.17, 15) is 28.8 Å². The first-order chi connectivity index (χ1) is 32.4. The Bertz CT molecular complexity index is 2480. The number of carboxylic acid groups (broad SMARTS) is 1. The number of H-pyrrole nitrogens is 2. The number of hydrogen-bond acceptors (Lipinski definition) is 11. The summed E-state index contributed by atoms with van der Waals surface area (Å²) < 4.78 is 16.4. The molecule has 3 aromatic heterocycles. The fraction of sp³-hybridized carbons (Fsp3) is 0.294. The quantitative estimate of drug-likeness (QED) is 0.0307. The molecule has 362 valence electrons. The number of aromatic carboxylic acids is 1. The van der Waals surface area contributed by atoms with Gasteiger partial charge in [0, 0.05) is 30.2 Å². The topological polar surface area (TPSA) is 257 Å². The molecule has 0 aliphatic heterocycles. The second-order valence-electron chi connectivity index (χ2n) is 14.9. The molecule has 68 heavy (non-hydrogen) atoms. The second-order valence-corrected chi connectivity index (χ2v) is 14.9. The van der Waals surface area contributed by atoms with Gasteiger partial charge in [0.25, 0.3) is 11.8 Å². The van der Waals surface area contributed by atoms with Gasteiger partial charge in [-0.05, 0) is 131 Å². The summed E-state index contributed by atoms with van der Waals surface area (Å²) in [6.45, 7) is 7.15. The number of nitrogen functional groups attached to an aromatic ring is 1. The van der Waals surface area contributed by atoms with Gasteiger partial charge < -0.3 is 55.3 Å². The third-order valence-electron chi connectivity index (χ3n) is 9.49. The number of carbonyl (C=O) groups is 6. The van der Waals surface area contributed by atoms with Crippen molar-refractivity contribution < 1.29 is 53.2 Å². The fourth-order valence-corrected chi connectivity index (χ4v) is 5.70. The van der Waals surface area contributed by atoms with E-state index in [2.05, 4.69) is 25.3 Å². The summed E-state index contributed by atoms with van der Waals surface area (Å²) in [5, 5.41) is 22.3. The predicted molar refractivity (Wildman–Crippen MR) is 260 cm³/mol. The molecule has 2 aliphatic rings. The molecule has 0 saturated heterocycles. The highest BCUT2D eigenvalue weighted by molar-refractivity contribution is 6.05. The highest BCUT2D eigenvalue weighted by Crippen LogP contribution is 2.32. The number of para-hydroxylation sites is 3. The number of carbonyl (C=O) groups excluding carboxylic acids is 5. The molecule has 2 aliphatic carbocycles. The zero-order valence-corrected chi connectivity index (χ0v) is 37.7. The van der Waals surface area contributed by atoms with Crippen molar-refractivity contribution in [3.63, 3.8) is 0 Å². The molecule has 2 saturated carbocycles. The highest BCUT2D eigenvalue weighted by atomic mass is 16.5. The van der Waals surface area contributed by atoms with Crippen molar-refractivity contribution in [1.29, 1.82) is 0 Å². The van der Waals surface area contributed by atoms with E-state index < -0.39 is 17.9 Å². The number of anilines is 3. The van der Waals surface area contributed by atoms with Crippen molar-refractivity contribution in [3.05, 3.63) is 162 Å². The van der Waals surface area contributed by atoms with E-state index in [1.165, 1.54) is 31.0 Å². The summed E-state index contributed by atoms with van der Waals surface area (Å²) in [4.78, 5) is 74.6. The minimum absolute atomic E-state index is 0. The molecule has 0 bridgehead atoms. The van der Waals surface area contributed by atoms with E-state index in [-0.39, 0.29) is 48.9 Å². The van der Waals surface area contributed by atoms with Crippen LogP contribution in [-0.2, 0) is 20.8 Å². The molecule has 17 nitrogen and oxygen atoms in total. The van der Waals surface area contributed by atoms with Crippen LogP contribution in [0.3, 0.4) is 0 Å². The van der Waals surface area contributed by atoms with Crippen molar-refractivity contribution in [2.45, 2.75) is 60.4 Å². The van der Waals surface area contributed by atoms with E-state index in [1.54, 1.807) is 55.7 Å². The lowest BCUT2D eigenvalue weighted by Crippen LogP contribution is -2.21. The Morgan fingerprint density at radius 3 is 1.37 bits per heavy atom. The van der Waals surface area contributed by atoms with Crippen molar-refractivity contribution in [1.82, 2.24) is 14.5 Å². The number of aromatic amines is 2. The maximum Gasteiger partial charge on any atom is 0.354 e. The lowest BCUT2D eigenvalue weighted by Gasteiger charge is -2.12. The number of nitrogens with one attached hydrogen (secondary N) is 4. The Labute approximate surface area is 396 Å². The molecule has 3 heterocycles. The van der Waals surface area contributed by atoms with Crippen LogP contribution in [0.5, 0.6) is 0 Å². The number of aliphatic hydroxyl groups excluding tert-OH is 1. The van der Waals surface area contributed by atoms with Gasteiger partial charge in [0.2, 0.25) is 0 Å². The van der Waals surface area contributed by atoms with Crippen LogP contribution in [0.2, 0.25) is 0 Å². The molecule has 8 N–H and O–H groups in total. The first-order valence-electron chi connectivity index (χ1n) is 21.8. The minimum atomic E-state index is -1.10. The number of carboxylic acids is 1. The van der Waals surface area contributed by atoms with Gasteiger partial charge in [-0.15, -0.1) is 0 Å². The first-order valence-corrected chi connectivity index (χ1v) is 21.8. The van der Waals surface area contributed by atoms with E-state index in [0.717, 1.165) is 24.2 Å². The Hall–Kier alpha value is -7.92. The maximum absolute atomic E-state index is 12.5. The molecule has 0 atom stereocenters. The van der Waals surface area contributed by atoms with E-state index >= 15 is 0 Å². The summed E-state index contributed by atoms with van der Waals surface area (Å²) in [6.07, 6.45) is 4.80. The van der Waals surface area contributed by atoms with E-state index in [0.29, 0.717) is 61.0 Å². The third kappa shape index (κ3) is 18.9. The largest absolute Gasteiger partial charge is 0.477 e. The molecule has 0 spiro atoms. The van der Waals surface area contributed by atoms with Gasteiger partial charge in [0.05, 0.1) is 19.8 Å². The second kappa shape index (κ2) is 28.9. The van der Waals surface area contributed by atoms with Gasteiger partial charge in [0.1, 0.15) is 34.2 Å². The van der Waals surface area contributed by atoms with E-state index in [4.69, 9.17) is 25.4 Å². The van der Waals surface area contributed by atoms with Crippen molar-refractivity contribution in [2.75, 3.05) is 42.8 Å². The summed E-state index contributed by atoms with van der Waals surface area (Å²) in [6, 6.07) is 37.0. The number of benzene rings is 3. The molecular weight excluding hydrogens is 873 g/mol. The average Bonchev–Trinajstić information content (AvgIpc) is 4.17. The van der Waals surface area contributed by atoms with E-state index in [1.807, 2.05) is 78.9 Å². The summed E-state index contributed by atoms with van der Waals surface area (Å²) in [5.41, 5.74) is 9.24. The Kier molecular flexibility index (Phi) is 23.1. The monoisotopic (exact) mass is 934 g/mol. The van der Waals surface area contributed by atoms with Crippen molar-refractivity contribution in [2.24, 2.45) is 11.8 Å². The van der Waals surface area contributed by atoms with Crippen LogP contribution < -0.4 is 16.4 Å². The predicted octanol–water partition coefficient (Wildman–Crippen LogP) is 8.95. The van der Waals surface area contributed by atoms with Gasteiger partial charge in [-0.3, -0.25) is 9.59 Å². The van der Waals surface area contributed by atoms with Gasteiger partial charge in [0.15, 0.2) is 0 Å². The van der Waals surface area contributed by atoms with Gasteiger partial charge in [-0.1, -0.05) is 62.0 Å². The number of nitrogens with zero attached hydrogens (tertiary/aromatic N) is 1. The molecule has 3 aromatic carbocycles. The summed E-state index contributed by atoms with van der Waals surface area (Å²) >= 11 is 0. The van der Waals surface area contributed by atoms with Crippen LogP contribution in [0.15, 0.2) is 127 Å². The molecular formula is C51H62N6O11. The molecule has 8 rings (SSSR count). The maximum atomic E-state index is 12.5. The zero-order chi connectivity index (χ0) is 48.6. The fourth-order valence-electron chi connectivity index (χ4n) is 5.70. The Morgan fingerprint density at radius 2 is 0.971 bits per heavy atom. The van der Waals surface area contributed by atoms with Crippen LogP contribution in [0, 0.1) is 11.8 Å². The minimum Gasteiger partial charge on any atom is -0.477 e. The Morgan fingerprint density at radius 1 is 0.559 bits per heavy atom. The van der Waals surface area contributed by atoms with Crippen molar-refractivity contribution in [3.8, 4) is 0 Å². The third-order valence-corrected chi connectivity index (χ3v) is 9.49. The lowest BCUT2D eigenvalue weighted by molar-refractivity contribution is 0.0505. The van der Waals surface area contributed by atoms with Crippen LogP contribution in [0.4, 0.5) is 17.1 Å². The van der Waals surface area contributed by atoms with Gasteiger partial charge in [-0.25, -0.2) is 19.2 Å². The molecule has 2 fully saturated rings. The number of hydrogen-bond donors (Lipinski definition) is 7. The molecule has 0 radical (unpaired) electrons. The van der Waals surface area contributed by atoms with Gasteiger partial charge in [-0.2, -0.15) is 0 Å². The summed E-state index contributed by atoms with van der Waals surface area (Å²) in [5.74, 6) is -1.79. The normalized spacial score (nSPS) is 11.8.